The first-order chi connectivity index (χ1) is 33.2. The fraction of sp³-hybridized carbons (Fsp3) is 0. The number of nitrogens with zero attached hydrogens (tertiary/aromatic N) is 3. The highest BCUT2D eigenvalue weighted by atomic mass is 14.9. The van der Waals surface area contributed by atoms with Gasteiger partial charge in [-0.25, -0.2) is 9.97 Å². The summed E-state index contributed by atoms with van der Waals surface area (Å²) in [5.41, 5.74) is 20.3. The van der Waals surface area contributed by atoms with Crippen LogP contribution >= 0.6 is 0 Å². The van der Waals surface area contributed by atoms with Crippen LogP contribution in [0.3, 0.4) is 0 Å². The van der Waals surface area contributed by atoms with Gasteiger partial charge in [0.1, 0.15) is 0 Å². The topological polar surface area (TPSA) is 30.2 Å². The maximum absolute atomic E-state index is 5.12. The summed E-state index contributed by atoms with van der Waals surface area (Å²) < 4.78 is 2.47. The van der Waals surface area contributed by atoms with Gasteiger partial charge in [-0.1, -0.05) is 194 Å². The quantitative estimate of drug-likeness (QED) is 0.152. The van der Waals surface area contributed by atoms with Crippen molar-refractivity contribution in [2.45, 2.75) is 0 Å². The summed E-state index contributed by atoms with van der Waals surface area (Å²) in [4.78, 5) is 10.2. The van der Waals surface area contributed by atoms with Crippen molar-refractivity contribution in [1.29, 1.82) is 0 Å². The van der Waals surface area contributed by atoms with Crippen LogP contribution in [-0.2, 0) is 0 Å². The second-order valence-electron chi connectivity index (χ2n) is 17.4. The van der Waals surface area contributed by atoms with Crippen LogP contribution < -0.4 is 0 Å². The van der Waals surface area contributed by atoms with Crippen LogP contribution in [-0.4, -0.2) is 14.4 Å². The number of para-hydroxylation sites is 2. The van der Waals surface area contributed by atoms with E-state index in [1.165, 1.54) is 71.5 Å². The van der Waals surface area contributed by atoms with E-state index in [-0.39, 0.29) is 0 Å². The van der Waals surface area contributed by atoms with Crippen molar-refractivity contribution in [2.24, 2.45) is 0 Å². The van der Waals surface area contributed by atoms with Gasteiger partial charge in [0, 0.05) is 38.2 Å². The number of hydrogen-bond donors (Lipinski definition) is 0. The van der Waals surface area contributed by atoms with E-state index in [0.29, 0.717) is 5.82 Å². The van der Waals surface area contributed by atoms with Crippen LogP contribution in [0.1, 0.15) is 0 Å². The average Bonchev–Trinajstić information content (AvgIpc) is 3.94. The van der Waals surface area contributed by atoms with Gasteiger partial charge in [-0.2, -0.15) is 0 Å². The molecular weight excluding hydrogens is 811 g/mol. The molecule has 0 aliphatic rings. The highest BCUT2D eigenvalue weighted by Gasteiger charge is 2.18. The molecule has 0 atom stereocenters. The molecule has 0 bridgehead atoms. The SMILES string of the molecule is c1ccc(-c2cc(-c3cccc(-c4cccc(-c5cccc(-c6nc(-c7ccccc7)cc(-c7ccccc7)n6)c5)c4)c3)cc(-c3ccc4c5cccc6c7ccccc7n(c4c3)c65)c2)cc1. The Hall–Kier alpha value is -8.92. The maximum Gasteiger partial charge on any atom is 0.160 e. The molecule has 0 radical (unpaired) electrons. The van der Waals surface area contributed by atoms with E-state index >= 15 is 0 Å². The Kier molecular flexibility index (Phi) is 9.17. The summed E-state index contributed by atoms with van der Waals surface area (Å²) in [6.07, 6.45) is 0. The Morgan fingerprint density at radius 3 is 1.16 bits per heavy atom. The molecule has 0 N–H and O–H groups in total. The van der Waals surface area contributed by atoms with Crippen molar-refractivity contribution in [3.05, 3.63) is 249 Å². The number of fused-ring (bicyclic) bond motifs is 6. The summed E-state index contributed by atoms with van der Waals surface area (Å²) in [5, 5.41) is 5.16. The van der Waals surface area contributed by atoms with Crippen LogP contribution in [0.15, 0.2) is 249 Å². The summed E-state index contributed by atoms with van der Waals surface area (Å²) in [6.45, 7) is 0. The number of benzene rings is 10. The second kappa shape index (κ2) is 16.0. The molecule has 312 valence electrons. The smallest absolute Gasteiger partial charge is 0.160 e. The lowest BCUT2D eigenvalue weighted by molar-refractivity contribution is 1.18. The molecule has 0 saturated heterocycles. The Bertz CT molecular complexity index is 3910. The third-order valence-electron chi connectivity index (χ3n) is 13.3. The van der Waals surface area contributed by atoms with E-state index in [1.807, 2.05) is 12.1 Å². The molecule has 67 heavy (non-hydrogen) atoms. The molecule has 13 aromatic rings. The Morgan fingerprint density at radius 1 is 0.224 bits per heavy atom. The summed E-state index contributed by atoms with van der Waals surface area (Å²) in [5.74, 6) is 0.698. The van der Waals surface area contributed by atoms with E-state index in [1.54, 1.807) is 0 Å². The molecular formula is C64H41N3. The van der Waals surface area contributed by atoms with Gasteiger partial charge in [0.2, 0.25) is 0 Å². The normalized spacial score (nSPS) is 11.6. The van der Waals surface area contributed by atoms with Gasteiger partial charge in [0.05, 0.1) is 27.9 Å². The molecule has 0 aliphatic carbocycles. The maximum atomic E-state index is 5.12. The molecule has 3 heterocycles. The third kappa shape index (κ3) is 6.84. The van der Waals surface area contributed by atoms with E-state index in [4.69, 9.17) is 9.97 Å². The van der Waals surface area contributed by atoms with Gasteiger partial charge >= 0.3 is 0 Å². The molecule has 3 nitrogen and oxygen atoms in total. The van der Waals surface area contributed by atoms with Crippen molar-refractivity contribution < 1.29 is 0 Å². The standard InChI is InChI=1S/C64H41N3/c1-4-16-42(17-5-1)52-37-53(39-54(38-52)50-32-33-56-58-30-15-29-57-55-28-10-11-31-61(55)67(63(57)58)62(56)40-50)49-26-13-24-47(35-49)45-22-12-23-46(34-45)48-25-14-27-51(36-48)64-65-59(43-18-6-2-7-19-43)41-60(66-64)44-20-8-3-9-21-44/h1-41H. The number of aromatic nitrogens is 3. The minimum Gasteiger partial charge on any atom is -0.308 e. The van der Waals surface area contributed by atoms with Crippen LogP contribution in [0.4, 0.5) is 0 Å². The van der Waals surface area contributed by atoms with Gasteiger partial charge < -0.3 is 4.40 Å². The van der Waals surface area contributed by atoms with Crippen molar-refractivity contribution in [2.75, 3.05) is 0 Å². The highest BCUT2D eigenvalue weighted by Crippen LogP contribution is 2.42. The number of hydrogen-bond acceptors (Lipinski definition) is 2. The first-order valence-corrected chi connectivity index (χ1v) is 22.9. The monoisotopic (exact) mass is 851 g/mol. The van der Waals surface area contributed by atoms with Gasteiger partial charge in [0.25, 0.3) is 0 Å². The largest absolute Gasteiger partial charge is 0.308 e. The minimum absolute atomic E-state index is 0.698. The van der Waals surface area contributed by atoms with Gasteiger partial charge in [0.15, 0.2) is 5.82 Å². The highest BCUT2D eigenvalue weighted by molar-refractivity contribution is 6.23. The molecule has 0 saturated carbocycles. The number of rotatable bonds is 8. The Labute approximate surface area is 388 Å². The van der Waals surface area contributed by atoms with Crippen LogP contribution in [0.25, 0.3) is 128 Å². The van der Waals surface area contributed by atoms with Gasteiger partial charge in [-0.15, -0.1) is 0 Å². The van der Waals surface area contributed by atoms with E-state index in [9.17, 15) is 0 Å². The van der Waals surface area contributed by atoms with Crippen LogP contribution in [0.5, 0.6) is 0 Å². The lowest BCUT2D eigenvalue weighted by atomic mass is 9.91. The molecule has 0 unspecified atom stereocenters. The fourth-order valence-corrected chi connectivity index (χ4v) is 10.1. The minimum atomic E-state index is 0.698. The zero-order valence-electron chi connectivity index (χ0n) is 36.5. The van der Waals surface area contributed by atoms with E-state index in [0.717, 1.165) is 50.3 Å². The molecule has 10 aromatic carbocycles. The molecule has 0 fully saturated rings. The fourth-order valence-electron chi connectivity index (χ4n) is 10.1. The predicted molar refractivity (Wildman–Crippen MR) is 280 cm³/mol. The van der Waals surface area contributed by atoms with Crippen LogP contribution in [0, 0.1) is 0 Å². The van der Waals surface area contributed by atoms with Crippen molar-refractivity contribution in [3.8, 4) is 89.5 Å². The summed E-state index contributed by atoms with van der Waals surface area (Å²) >= 11 is 0. The van der Waals surface area contributed by atoms with Crippen molar-refractivity contribution >= 4 is 38.1 Å². The van der Waals surface area contributed by atoms with Gasteiger partial charge in [-0.3, -0.25) is 0 Å². The lowest BCUT2D eigenvalue weighted by Gasteiger charge is -2.13. The second-order valence-corrected chi connectivity index (χ2v) is 17.4. The predicted octanol–water partition coefficient (Wildman–Crippen LogP) is 17.0. The van der Waals surface area contributed by atoms with Gasteiger partial charge in [-0.05, 0) is 110 Å². The van der Waals surface area contributed by atoms with Crippen LogP contribution in [0.2, 0.25) is 0 Å². The zero-order valence-corrected chi connectivity index (χ0v) is 36.5. The lowest BCUT2D eigenvalue weighted by Crippen LogP contribution is -1.96. The first-order valence-electron chi connectivity index (χ1n) is 22.9. The summed E-state index contributed by atoms with van der Waals surface area (Å²) in [7, 11) is 0. The first kappa shape index (κ1) is 38.5. The third-order valence-corrected chi connectivity index (χ3v) is 13.3. The molecule has 0 spiro atoms. The molecule has 3 aromatic heterocycles. The Balaban J connectivity index is 0.883. The van der Waals surface area contributed by atoms with E-state index < -0.39 is 0 Å². The molecule has 0 amide bonds. The van der Waals surface area contributed by atoms with Crippen molar-refractivity contribution in [1.82, 2.24) is 14.4 Å². The van der Waals surface area contributed by atoms with E-state index in [2.05, 4.69) is 241 Å². The molecule has 0 aliphatic heterocycles. The molecule has 13 rings (SSSR count). The summed E-state index contributed by atoms with van der Waals surface area (Å²) in [6, 6.07) is 89.5. The Morgan fingerprint density at radius 2 is 0.597 bits per heavy atom. The van der Waals surface area contributed by atoms with Crippen molar-refractivity contribution in [3.63, 3.8) is 0 Å². The zero-order chi connectivity index (χ0) is 44.3. The molecule has 3 heteroatoms. The average molecular weight is 852 g/mol.